The summed E-state index contributed by atoms with van der Waals surface area (Å²) in [6.45, 7) is 1.20. The van der Waals surface area contributed by atoms with Crippen LogP contribution in [0.5, 0.6) is 5.75 Å². The lowest BCUT2D eigenvalue weighted by molar-refractivity contribution is -0.116. The maximum Gasteiger partial charge on any atom is 0.253 e. The molecule has 1 heterocycles. The molecule has 1 aromatic rings. The number of para-hydroxylation sites is 2. The van der Waals surface area contributed by atoms with Crippen LogP contribution in [-0.4, -0.2) is 24.9 Å². The van der Waals surface area contributed by atoms with Crippen LogP contribution in [0.25, 0.3) is 0 Å². The van der Waals surface area contributed by atoms with Crippen molar-refractivity contribution in [2.45, 2.75) is 13.3 Å². The Balaban J connectivity index is 2.28. The van der Waals surface area contributed by atoms with Crippen molar-refractivity contribution in [2.75, 3.05) is 18.3 Å². The molecule has 90 valence electrons. The van der Waals surface area contributed by atoms with Crippen molar-refractivity contribution in [3.63, 3.8) is 0 Å². The molecule has 5 heteroatoms. The molecule has 0 unspecified atom stereocenters. The first-order valence-corrected chi connectivity index (χ1v) is 5.37. The summed E-state index contributed by atoms with van der Waals surface area (Å²) in [5.41, 5.74) is 1.32. The fraction of sp³-hybridized carbons (Fsp3) is 0.333. The summed E-state index contributed by atoms with van der Waals surface area (Å²) in [4.78, 5) is 11.7. The van der Waals surface area contributed by atoms with Gasteiger partial charge in [-0.05, 0) is 19.1 Å². The lowest BCUT2D eigenvalue weighted by Gasteiger charge is -2.16. The molecule has 0 saturated heterocycles. The van der Waals surface area contributed by atoms with E-state index >= 15 is 0 Å². The molecule has 4 nitrogen and oxygen atoms in total. The Bertz CT molecular complexity index is 460. The van der Waals surface area contributed by atoms with E-state index in [9.17, 15) is 9.18 Å². The van der Waals surface area contributed by atoms with Gasteiger partial charge in [-0.2, -0.15) is 10.1 Å². The van der Waals surface area contributed by atoms with Crippen LogP contribution >= 0.6 is 0 Å². The van der Waals surface area contributed by atoms with Crippen LogP contribution in [-0.2, 0) is 4.79 Å². The van der Waals surface area contributed by atoms with Gasteiger partial charge in [0, 0.05) is 5.71 Å². The van der Waals surface area contributed by atoms with Crippen LogP contribution in [0, 0.1) is 0 Å². The van der Waals surface area contributed by atoms with E-state index in [-0.39, 0.29) is 12.5 Å². The molecule has 1 aliphatic heterocycles. The highest BCUT2D eigenvalue weighted by molar-refractivity contribution is 6.12. The number of nitrogens with zero attached hydrogens (tertiary/aromatic N) is 2. The molecule has 0 N–H and O–H groups in total. The summed E-state index contributed by atoms with van der Waals surface area (Å²) in [6, 6.07) is 6.98. The smallest absolute Gasteiger partial charge is 0.253 e. The third kappa shape index (κ3) is 2.43. The largest absolute Gasteiger partial charge is 0.489 e. The number of anilines is 1. The number of carbonyl (C=O) groups excluding carboxylic acids is 1. The third-order valence-electron chi connectivity index (χ3n) is 2.34. The predicted octanol–water partition coefficient (Wildman–Crippen LogP) is 2.15. The standard InChI is InChI=1S/C12H13FN2O2/c1-9-8-12(16)15(14-9)10-4-2-3-5-11(10)17-7-6-13/h2-5H,6-8H2,1H3. The van der Waals surface area contributed by atoms with Gasteiger partial charge in [-0.3, -0.25) is 4.79 Å². The van der Waals surface area contributed by atoms with Crippen molar-refractivity contribution in [3.05, 3.63) is 24.3 Å². The number of hydrazone groups is 1. The topological polar surface area (TPSA) is 41.9 Å². The average molecular weight is 236 g/mol. The van der Waals surface area contributed by atoms with Crippen LogP contribution in [0.1, 0.15) is 13.3 Å². The number of carbonyl (C=O) groups is 1. The Labute approximate surface area is 98.7 Å². The van der Waals surface area contributed by atoms with Crippen LogP contribution in [0.2, 0.25) is 0 Å². The van der Waals surface area contributed by atoms with Gasteiger partial charge in [0.2, 0.25) is 0 Å². The zero-order valence-corrected chi connectivity index (χ0v) is 9.52. The fourth-order valence-corrected chi connectivity index (χ4v) is 1.65. The molecule has 1 amide bonds. The summed E-state index contributed by atoms with van der Waals surface area (Å²) >= 11 is 0. The lowest BCUT2D eigenvalue weighted by atomic mass is 10.2. The summed E-state index contributed by atoms with van der Waals surface area (Å²) in [5, 5.41) is 5.44. The van der Waals surface area contributed by atoms with E-state index in [1.165, 1.54) is 5.01 Å². The van der Waals surface area contributed by atoms with Gasteiger partial charge < -0.3 is 4.74 Å². The zero-order chi connectivity index (χ0) is 12.3. The van der Waals surface area contributed by atoms with Crippen molar-refractivity contribution in [3.8, 4) is 5.75 Å². The first-order chi connectivity index (χ1) is 8.22. The number of amides is 1. The van der Waals surface area contributed by atoms with Crippen molar-refractivity contribution < 1.29 is 13.9 Å². The molecule has 0 aromatic heterocycles. The molecule has 0 fully saturated rings. The first kappa shape index (κ1) is 11.6. The second kappa shape index (κ2) is 4.95. The minimum atomic E-state index is -0.565. The van der Waals surface area contributed by atoms with Gasteiger partial charge in [0.15, 0.2) is 0 Å². The molecular formula is C12H13FN2O2. The first-order valence-electron chi connectivity index (χ1n) is 5.37. The molecule has 0 saturated carbocycles. The van der Waals surface area contributed by atoms with E-state index in [2.05, 4.69) is 5.10 Å². The second-order valence-corrected chi connectivity index (χ2v) is 3.72. The van der Waals surface area contributed by atoms with Gasteiger partial charge in [-0.15, -0.1) is 0 Å². The van der Waals surface area contributed by atoms with Gasteiger partial charge in [0.1, 0.15) is 24.7 Å². The number of ether oxygens (including phenoxy) is 1. The number of halogens is 1. The summed E-state index contributed by atoms with van der Waals surface area (Å²) in [7, 11) is 0. The minimum Gasteiger partial charge on any atom is -0.489 e. The van der Waals surface area contributed by atoms with E-state index in [1.54, 1.807) is 31.2 Å². The van der Waals surface area contributed by atoms with E-state index in [1.807, 2.05) is 0 Å². The Hall–Kier alpha value is -1.91. The fourth-order valence-electron chi connectivity index (χ4n) is 1.65. The molecule has 0 radical (unpaired) electrons. The maximum atomic E-state index is 12.1. The number of rotatable bonds is 4. The SMILES string of the molecule is CC1=NN(c2ccccc2OCCF)C(=O)C1. The summed E-state index contributed by atoms with van der Waals surface area (Å²) in [5.74, 6) is 0.371. The van der Waals surface area contributed by atoms with Crippen LogP contribution < -0.4 is 9.75 Å². The van der Waals surface area contributed by atoms with Gasteiger partial charge in [-0.25, -0.2) is 4.39 Å². The Morgan fingerprint density at radius 3 is 2.88 bits per heavy atom. The summed E-state index contributed by atoms with van der Waals surface area (Å²) in [6.07, 6.45) is 0.317. The normalized spacial score (nSPS) is 15.1. The monoisotopic (exact) mass is 236 g/mol. The summed E-state index contributed by atoms with van der Waals surface area (Å²) < 4.78 is 17.3. The second-order valence-electron chi connectivity index (χ2n) is 3.72. The highest BCUT2D eigenvalue weighted by Crippen LogP contribution is 2.30. The Morgan fingerprint density at radius 1 is 1.47 bits per heavy atom. The van der Waals surface area contributed by atoms with Gasteiger partial charge in [-0.1, -0.05) is 12.1 Å². The number of hydrogen-bond donors (Lipinski definition) is 0. The van der Waals surface area contributed by atoms with E-state index in [4.69, 9.17) is 4.74 Å². The molecule has 0 atom stereocenters. The maximum absolute atomic E-state index is 12.1. The highest BCUT2D eigenvalue weighted by Gasteiger charge is 2.25. The molecule has 0 spiro atoms. The molecule has 1 aromatic carbocycles. The molecule has 0 bridgehead atoms. The van der Waals surface area contributed by atoms with E-state index in [0.29, 0.717) is 17.9 Å². The van der Waals surface area contributed by atoms with E-state index in [0.717, 1.165) is 5.71 Å². The predicted molar refractivity (Wildman–Crippen MR) is 63.1 cm³/mol. The molecular weight excluding hydrogens is 223 g/mol. The van der Waals surface area contributed by atoms with Gasteiger partial charge in [0.25, 0.3) is 5.91 Å². The number of hydrogen-bond acceptors (Lipinski definition) is 3. The Kier molecular flexibility index (Phi) is 3.37. The highest BCUT2D eigenvalue weighted by atomic mass is 19.1. The zero-order valence-electron chi connectivity index (χ0n) is 9.52. The molecule has 17 heavy (non-hydrogen) atoms. The van der Waals surface area contributed by atoms with Crippen LogP contribution in [0.3, 0.4) is 0 Å². The average Bonchev–Trinajstić information content (AvgIpc) is 2.66. The van der Waals surface area contributed by atoms with Gasteiger partial charge in [0.05, 0.1) is 6.42 Å². The van der Waals surface area contributed by atoms with Crippen molar-refractivity contribution in [1.29, 1.82) is 0 Å². The van der Waals surface area contributed by atoms with Crippen molar-refractivity contribution in [1.82, 2.24) is 0 Å². The quantitative estimate of drug-likeness (QED) is 0.803. The van der Waals surface area contributed by atoms with E-state index < -0.39 is 6.67 Å². The Morgan fingerprint density at radius 2 is 2.24 bits per heavy atom. The molecule has 2 rings (SSSR count). The number of benzene rings is 1. The third-order valence-corrected chi connectivity index (χ3v) is 2.34. The van der Waals surface area contributed by atoms with Crippen molar-refractivity contribution >= 4 is 17.3 Å². The lowest BCUT2D eigenvalue weighted by Crippen LogP contribution is -2.20. The van der Waals surface area contributed by atoms with Crippen molar-refractivity contribution in [2.24, 2.45) is 5.10 Å². The molecule has 0 aliphatic carbocycles. The van der Waals surface area contributed by atoms with Gasteiger partial charge >= 0.3 is 0 Å². The number of alkyl halides is 1. The molecule has 1 aliphatic rings. The van der Waals surface area contributed by atoms with Crippen LogP contribution in [0.4, 0.5) is 10.1 Å². The van der Waals surface area contributed by atoms with Crippen LogP contribution in [0.15, 0.2) is 29.4 Å². The minimum absolute atomic E-state index is 0.0261.